The largest absolute Gasteiger partial charge is 0.328 e. The number of carbonyl (C=O) groups excluding carboxylic acids is 1. The van der Waals surface area contributed by atoms with Gasteiger partial charge in [-0.2, -0.15) is 0 Å². The zero-order valence-electron chi connectivity index (χ0n) is 9.46. The molecule has 16 heavy (non-hydrogen) atoms. The highest BCUT2D eigenvalue weighted by molar-refractivity contribution is 9.10. The van der Waals surface area contributed by atoms with Crippen LogP contribution in [0.1, 0.15) is 22.8 Å². The Hall–Kier alpha value is -1.27. The fraction of sp³-hybridized carbons (Fsp3) is 0.308. The van der Waals surface area contributed by atoms with E-state index in [1.165, 1.54) is 0 Å². The molecule has 0 saturated carbocycles. The van der Waals surface area contributed by atoms with Gasteiger partial charge in [0.2, 0.25) is 0 Å². The minimum absolute atomic E-state index is 0.0315. The number of rotatable bonds is 3. The number of terminal acetylenes is 1. The van der Waals surface area contributed by atoms with Crippen molar-refractivity contribution in [3.8, 4) is 12.3 Å². The molecule has 0 fully saturated rings. The number of benzene rings is 1. The Kier molecular flexibility index (Phi) is 4.57. The fourth-order valence-corrected chi connectivity index (χ4v) is 1.85. The molecule has 1 amide bonds. The van der Waals surface area contributed by atoms with Crippen LogP contribution < -0.4 is 0 Å². The molecule has 0 aromatic heterocycles. The molecule has 0 aliphatic carbocycles. The first-order valence-electron chi connectivity index (χ1n) is 5.09. The van der Waals surface area contributed by atoms with Crippen LogP contribution in [0.25, 0.3) is 0 Å². The number of nitrogens with zero attached hydrogens (tertiary/aromatic N) is 1. The molecule has 3 heteroatoms. The standard InChI is InChI=1S/C13H14BrNO/c1-4-9-15(5-2)13(16)11-8-6-7-10(3)12(11)14/h1,6-8H,5,9H2,2-3H3. The summed E-state index contributed by atoms with van der Waals surface area (Å²) in [7, 11) is 0. The van der Waals surface area contributed by atoms with Gasteiger partial charge in [0.15, 0.2) is 0 Å². The second kappa shape index (κ2) is 5.72. The van der Waals surface area contributed by atoms with Crippen molar-refractivity contribution < 1.29 is 4.79 Å². The van der Waals surface area contributed by atoms with E-state index in [4.69, 9.17) is 6.42 Å². The second-order valence-corrected chi connectivity index (χ2v) is 4.25. The summed E-state index contributed by atoms with van der Waals surface area (Å²) in [6.07, 6.45) is 5.23. The van der Waals surface area contributed by atoms with Gasteiger partial charge in [-0.25, -0.2) is 0 Å². The quantitative estimate of drug-likeness (QED) is 0.780. The molecule has 0 spiro atoms. The van der Waals surface area contributed by atoms with Gasteiger partial charge in [0, 0.05) is 11.0 Å². The van der Waals surface area contributed by atoms with Crippen LogP contribution in [0.5, 0.6) is 0 Å². The average molecular weight is 280 g/mol. The molecule has 0 N–H and O–H groups in total. The SMILES string of the molecule is C#CCN(CC)C(=O)c1cccc(C)c1Br. The Labute approximate surface area is 105 Å². The first-order valence-corrected chi connectivity index (χ1v) is 5.89. The zero-order valence-corrected chi connectivity index (χ0v) is 11.0. The van der Waals surface area contributed by atoms with E-state index in [0.29, 0.717) is 18.7 Å². The Morgan fingerprint density at radius 1 is 1.56 bits per heavy atom. The second-order valence-electron chi connectivity index (χ2n) is 3.46. The molecule has 0 heterocycles. The van der Waals surface area contributed by atoms with Crippen molar-refractivity contribution in [3.63, 3.8) is 0 Å². The van der Waals surface area contributed by atoms with E-state index in [0.717, 1.165) is 10.0 Å². The van der Waals surface area contributed by atoms with E-state index in [-0.39, 0.29) is 5.91 Å². The number of amides is 1. The van der Waals surface area contributed by atoms with Gasteiger partial charge in [-0.1, -0.05) is 18.1 Å². The lowest BCUT2D eigenvalue weighted by Gasteiger charge is -2.19. The van der Waals surface area contributed by atoms with E-state index in [1.807, 2.05) is 26.0 Å². The molecule has 0 saturated heterocycles. The van der Waals surface area contributed by atoms with E-state index >= 15 is 0 Å². The molecule has 84 valence electrons. The number of aryl methyl sites for hydroxylation is 1. The van der Waals surface area contributed by atoms with Gasteiger partial charge in [0.05, 0.1) is 12.1 Å². The molecular formula is C13H14BrNO. The van der Waals surface area contributed by atoms with Crippen molar-refractivity contribution in [2.45, 2.75) is 13.8 Å². The van der Waals surface area contributed by atoms with Gasteiger partial charge in [0.25, 0.3) is 5.91 Å². The molecule has 1 aromatic rings. The van der Waals surface area contributed by atoms with Crippen LogP contribution in [0.15, 0.2) is 22.7 Å². The lowest BCUT2D eigenvalue weighted by Crippen LogP contribution is -2.31. The van der Waals surface area contributed by atoms with Crippen LogP contribution in [0.4, 0.5) is 0 Å². The van der Waals surface area contributed by atoms with Crippen LogP contribution in [-0.2, 0) is 0 Å². The number of hydrogen-bond acceptors (Lipinski definition) is 1. The zero-order chi connectivity index (χ0) is 12.1. The minimum Gasteiger partial charge on any atom is -0.328 e. The number of carbonyl (C=O) groups is 1. The lowest BCUT2D eigenvalue weighted by molar-refractivity contribution is 0.0784. The van der Waals surface area contributed by atoms with Crippen LogP contribution >= 0.6 is 15.9 Å². The van der Waals surface area contributed by atoms with Crippen molar-refractivity contribution in [2.24, 2.45) is 0 Å². The highest BCUT2D eigenvalue weighted by Crippen LogP contribution is 2.22. The third-order valence-electron chi connectivity index (χ3n) is 2.37. The maximum Gasteiger partial charge on any atom is 0.255 e. The van der Waals surface area contributed by atoms with Gasteiger partial charge >= 0.3 is 0 Å². The average Bonchev–Trinajstić information content (AvgIpc) is 2.29. The maximum atomic E-state index is 12.1. The van der Waals surface area contributed by atoms with Crippen molar-refractivity contribution in [1.82, 2.24) is 4.90 Å². The summed E-state index contributed by atoms with van der Waals surface area (Å²) in [5.74, 6) is 2.46. The molecule has 1 aromatic carbocycles. The highest BCUT2D eigenvalue weighted by atomic mass is 79.9. The molecule has 2 nitrogen and oxygen atoms in total. The topological polar surface area (TPSA) is 20.3 Å². The molecular weight excluding hydrogens is 266 g/mol. The Morgan fingerprint density at radius 2 is 2.25 bits per heavy atom. The summed E-state index contributed by atoms with van der Waals surface area (Å²) in [6, 6.07) is 5.63. The summed E-state index contributed by atoms with van der Waals surface area (Å²) >= 11 is 3.43. The van der Waals surface area contributed by atoms with Gasteiger partial charge in [-0.05, 0) is 41.4 Å². The van der Waals surface area contributed by atoms with Gasteiger partial charge < -0.3 is 4.90 Å². The lowest BCUT2D eigenvalue weighted by atomic mass is 10.1. The summed E-state index contributed by atoms with van der Waals surface area (Å²) in [4.78, 5) is 13.8. The van der Waals surface area contributed by atoms with Gasteiger partial charge in [0.1, 0.15) is 0 Å². The number of halogens is 1. The van der Waals surface area contributed by atoms with Crippen molar-refractivity contribution in [1.29, 1.82) is 0 Å². The molecule has 0 aliphatic heterocycles. The fourth-order valence-electron chi connectivity index (χ4n) is 1.42. The van der Waals surface area contributed by atoms with E-state index in [9.17, 15) is 4.79 Å². The molecule has 0 aliphatic rings. The number of hydrogen-bond donors (Lipinski definition) is 0. The van der Waals surface area contributed by atoms with Crippen LogP contribution in [0.3, 0.4) is 0 Å². The Morgan fingerprint density at radius 3 is 2.81 bits per heavy atom. The molecule has 0 bridgehead atoms. The van der Waals surface area contributed by atoms with Crippen molar-refractivity contribution >= 4 is 21.8 Å². The van der Waals surface area contributed by atoms with Crippen LogP contribution in [0.2, 0.25) is 0 Å². The molecule has 0 radical (unpaired) electrons. The summed E-state index contributed by atoms with van der Waals surface area (Å²) < 4.78 is 0.843. The normalized spacial score (nSPS) is 9.62. The first kappa shape index (κ1) is 12.8. The third-order valence-corrected chi connectivity index (χ3v) is 3.43. The molecule has 0 atom stereocenters. The predicted octanol–water partition coefficient (Wildman–Crippen LogP) is 2.85. The smallest absolute Gasteiger partial charge is 0.255 e. The van der Waals surface area contributed by atoms with E-state index in [2.05, 4.69) is 21.9 Å². The molecule has 0 unspecified atom stereocenters. The predicted molar refractivity (Wildman–Crippen MR) is 69.3 cm³/mol. The summed E-state index contributed by atoms with van der Waals surface area (Å²) in [5, 5.41) is 0. The van der Waals surface area contributed by atoms with Gasteiger partial charge in [-0.15, -0.1) is 6.42 Å². The van der Waals surface area contributed by atoms with E-state index in [1.54, 1.807) is 11.0 Å². The third kappa shape index (κ3) is 2.65. The van der Waals surface area contributed by atoms with Crippen molar-refractivity contribution in [3.05, 3.63) is 33.8 Å². The maximum absolute atomic E-state index is 12.1. The van der Waals surface area contributed by atoms with Crippen LogP contribution in [-0.4, -0.2) is 23.9 Å². The Balaban J connectivity index is 3.05. The van der Waals surface area contributed by atoms with Gasteiger partial charge in [-0.3, -0.25) is 4.79 Å². The first-order chi connectivity index (χ1) is 7.61. The van der Waals surface area contributed by atoms with Crippen LogP contribution in [0, 0.1) is 19.3 Å². The highest BCUT2D eigenvalue weighted by Gasteiger charge is 2.16. The summed E-state index contributed by atoms with van der Waals surface area (Å²) in [6.45, 7) is 4.83. The Bertz CT molecular complexity index is 434. The summed E-state index contributed by atoms with van der Waals surface area (Å²) in [5.41, 5.74) is 1.71. The minimum atomic E-state index is -0.0315. The molecule has 1 rings (SSSR count). The van der Waals surface area contributed by atoms with E-state index < -0.39 is 0 Å². The van der Waals surface area contributed by atoms with Crippen molar-refractivity contribution in [2.75, 3.05) is 13.1 Å². The monoisotopic (exact) mass is 279 g/mol.